The van der Waals surface area contributed by atoms with Gasteiger partial charge in [0.1, 0.15) is 11.9 Å². The highest BCUT2D eigenvalue weighted by molar-refractivity contribution is 7.09. The molecule has 1 aromatic rings. The second kappa shape index (κ2) is 6.51. The van der Waals surface area contributed by atoms with Crippen LogP contribution in [-0.4, -0.2) is 35.0 Å². The van der Waals surface area contributed by atoms with Gasteiger partial charge in [0.25, 0.3) is 0 Å². The third-order valence-electron chi connectivity index (χ3n) is 2.25. The summed E-state index contributed by atoms with van der Waals surface area (Å²) in [7, 11) is 1.63. The smallest absolute Gasteiger partial charge is 0.240 e. The summed E-state index contributed by atoms with van der Waals surface area (Å²) in [4.78, 5) is 15.5. The fourth-order valence-electron chi connectivity index (χ4n) is 1.31. The van der Waals surface area contributed by atoms with E-state index >= 15 is 0 Å². The molecule has 17 heavy (non-hydrogen) atoms. The van der Waals surface area contributed by atoms with Crippen LogP contribution in [0.25, 0.3) is 0 Å². The van der Waals surface area contributed by atoms with Gasteiger partial charge in [-0.05, 0) is 5.92 Å². The standard InChI is InChI=1S/C10H18N4O2S/c1-6(2)8(9(11)15)13-10-12-7(14-17-10)4-5-16-3/h6,8H,4-5H2,1-3H3,(H2,11,15)(H,12,13,14). The van der Waals surface area contributed by atoms with Crippen molar-refractivity contribution < 1.29 is 9.53 Å². The number of anilines is 1. The van der Waals surface area contributed by atoms with Crippen LogP contribution in [0.15, 0.2) is 0 Å². The van der Waals surface area contributed by atoms with E-state index in [1.807, 2.05) is 13.8 Å². The van der Waals surface area contributed by atoms with Crippen LogP contribution in [0.2, 0.25) is 0 Å². The molecule has 0 aliphatic rings. The molecule has 3 N–H and O–H groups in total. The molecule has 0 radical (unpaired) electrons. The number of hydrogen-bond donors (Lipinski definition) is 2. The van der Waals surface area contributed by atoms with Crippen LogP contribution in [0.3, 0.4) is 0 Å². The maximum Gasteiger partial charge on any atom is 0.240 e. The molecule has 1 aromatic heterocycles. The SMILES string of the molecule is COCCc1nsc(NC(C(N)=O)C(C)C)n1. The van der Waals surface area contributed by atoms with Gasteiger partial charge < -0.3 is 15.8 Å². The van der Waals surface area contributed by atoms with E-state index in [2.05, 4.69) is 14.7 Å². The van der Waals surface area contributed by atoms with Crippen molar-refractivity contribution in [3.05, 3.63) is 5.82 Å². The first kappa shape index (κ1) is 13.9. The Bertz CT molecular complexity index is 367. The third kappa shape index (κ3) is 4.27. The van der Waals surface area contributed by atoms with E-state index in [0.717, 1.165) is 0 Å². The first-order chi connectivity index (χ1) is 8.04. The molecule has 0 aromatic carbocycles. The predicted molar refractivity (Wildman–Crippen MR) is 66.9 cm³/mol. The average molecular weight is 258 g/mol. The summed E-state index contributed by atoms with van der Waals surface area (Å²) in [5.41, 5.74) is 5.31. The maximum atomic E-state index is 11.2. The molecule has 0 saturated heterocycles. The molecule has 0 aliphatic carbocycles. The Balaban J connectivity index is 2.61. The lowest BCUT2D eigenvalue weighted by atomic mass is 10.0. The Morgan fingerprint density at radius 1 is 1.59 bits per heavy atom. The molecular weight excluding hydrogens is 240 g/mol. The fourth-order valence-corrected chi connectivity index (χ4v) is 1.96. The van der Waals surface area contributed by atoms with Gasteiger partial charge in [-0.15, -0.1) is 0 Å². The van der Waals surface area contributed by atoms with Crippen molar-refractivity contribution in [2.24, 2.45) is 11.7 Å². The highest BCUT2D eigenvalue weighted by Crippen LogP contribution is 2.15. The van der Waals surface area contributed by atoms with Crippen LogP contribution in [0.4, 0.5) is 5.13 Å². The van der Waals surface area contributed by atoms with Gasteiger partial charge in [-0.2, -0.15) is 4.37 Å². The van der Waals surface area contributed by atoms with Crippen molar-refractivity contribution in [2.75, 3.05) is 19.0 Å². The van der Waals surface area contributed by atoms with Crippen molar-refractivity contribution in [3.8, 4) is 0 Å². The number of carbonyl (C=O) groups excluding carboxylic acids is 1. The second-order valence-electron chi connectivity index (χ2n) is 4.03. The predicted octanol–water partition coefficient (Wildman–Crippen LogP) is 0.649. The summed E-state index contributed by atoms with van der Waals surface area (Å²) in [5.74, 6) is 0.443. The van der Waals surface area contributed by atoms with Crippen molar-refractivity contribution in [2.45, 2.75) is 26.3 Å². The molecule has 1 amide bonds. The number of ether oxygens (including phenoxy) is 1. The van der Waals surface area contributed by atoms with Gasteiger partial charge in [-0.25, -0.2) is 4.98 Å². The molecule has 7 heteroatoms. The Hall–Kier alpha value is -1.21. The molecular formula is C10H18N4O2S. The zero-order valence-electron chi connectivity index (χ0n) is 10.3. The van der Waals surface area contributed by atoms with E-state index in [9.17, 15) is 4.79 Å². The number of rotatable bonds is 7. The zero-order chi connectivity index (χ0) is 12.8. The molecule has 0 bridgehead atoms. The minimum absolute atomic E-state index is 0.110. The third-order valence-corrected chi connectivity index (χ3v) is 2.93. The minimum Gasteiger partial charge on any atom is -0.384 e. The maximum absolute atomic E-state index is 11.2. The van der Waals surface area contributed by atoms with Gasteiger partial charge in [-0.1, -0.05) is 13.8 Å². The Kier molecular flexibility index (Phi) is 5.30. The summed E-state index contributed by atoms with van der Waals surface area (Å²) >= 11 is 1.23. The number of amides is 1. The molecule has 96 valence electrons. The molecule has 1 heterocycles. The van der Waals surface area contributed by atoms with E-state index in [0.29, 0.717) is 24.0 Å². The van der Waals surface area contributed by atoms with Crippen molar-refractivity contribution in [1.29, 1.82) is 0 Å². The van der Waals surface area contributed by atoms with Crippen LogP contribution in [0.5, 0.6) is 0 Å². The number of nitrogens with zero attached hydrogens (tertiary/aromatic N) is 2. The Morgan fingerprint density at radius 3 is 2.82 bits per heavy atom. The first-order valence-electron chi connectivity index (χ1n) is 5.42. The zero-order valence-corrected chi connectivity index (χ0v) is 11.1. The largest absolute Gasteiger partial charge is 0.384 e. The van der Waals surface area contributed by atoms with Gasteiger partial charge in [0.05, 0.1) is 6.61 Å². The lowest BCUT2D eigenvalue weighted by molar-refractivity contribution is -0.119. The number of hydrogen-bond acceptors (Lipinski definition) is 6. The van der Waals surface area contributed by atoms with Crippen molar-refractivity contribution in [1.82, 2.24) is 9.36 Å². The molecule has 0 aliphatic heterocycles. The van der Waals surface area contributed by atoms with Crippen molar-refractivity contribution >= 4 is 22.6 Å². The van der Waals surface area contributed by atoms with E-state index < -0.39 is 6.04 Å². The number of nitrogens with two attached hydrogens (primary N) is 1. The van der Waals surface area contributed by atoms with Crippen LogP contribution in [0, 0.1) is 5.92 Å². The van der Waals surface area contributed by atoms with Gasteiger partial charge in [0.2, 0.25) is 11.0 Å². The normalized spacial score (nSPS) is 12.7. The molecule has 0 spiro atoms. The van der Waals surface area contributed by atoms with E-state index in [1.54, 1.807) is 7.11 Å². The molecule has 1 rings (SSSR count). The second-order valence-corrected chi connectivity index (χ2v) is 4.78. The van der Waals surface area contributed by atoms with E-state index in [4.69, 9.17) is 10.5 Å². The molecule has 1 atom stereocenters. The fraction of sp³-hybridized carbons (Fsp3) is 0.700. The average Bonchev–Trinajstić information content (AvgIpc) is 2.70. The van der Waals surface area contributed by atoms with Crippen LogP contribution >= 0.6 is 11.5 Å². The Morgan fingerprint density at radius 2 is 2.29 bits per heavy atom. The van der Waals surface area contributed by atoms with Crippen LogP contribution < -0.4 is 11.1 Å². The number of carbonyl (C=O) groups is 1. The lowest BCUT2D eigenvalue weighted by Crippen LogP contribution is -2.39. The number of methoxy groups -OCH3 is 1. The minimum atomic E-state index is -0.418. The van der Waals surface area contributed by atoms with Gasteiger partial charge >= 0.3 is 0 Å². The van der Waals surface area contributed by atoms with Gasteiger partial charge in [-0.3, -0.25) is 4.79 Å². The molecule has 6 nitrogen and oxygen atoms in total. The summed E-state index contributed by atoms with van der Waals surface area (Å²) in [6.45, 7) is 4.43. The summed E-state index contributed by atoms with van der Waals surface area (Å²) in [6.07, 6.45) is 0.664. The topological polar surface area (TPSA) is 90.1 Å². The number of primary amides is 1. The quantitative estimate of drug-likeness (QED) is 0.749. The van der Waals surface area contributed by atoms with E-state index in [-0.39, 0.29) is 11.8 Å². The van der Waals surface area contributed by atoms with Crippen LogP contribution in [0.1, 0.15) is 19.7 Å². The number of nitrogens with one attached hydrogen (secondary N) is 1. The monoisotopic (exact) mass is 258 g/mol. The Labute approximate surface area is 105 Å². The summed E-state index contributed by atoms with van der Waals surface area (Å²) < 4.78 is 9.10. The first-order valence-corrected chi connectivity index (χ1v) is 6.19. The van der Waals surface area contributed by atoms with Gasteiger partial charge in [0.15, 0.2) is 0 Å². The molecule has 1 unspecified atom stereocenters. The number of aromatic nitrogens is 2. The van der Waals surface area contributed by atoms with E-state index in [1.165, 1.54) is 11.5 Å². The highest BCUT2D eigenvalue weighted by Gasteiger charge is 2.20. The summed E-state index contributed by atoms with van der Waals surface area (Å²) in [5, 5.41) is 3.62. The molecule has 0 saturated carbocycles. The summed E-state index contributed by atoms with van der Waals surface area (Å²) in [6, 6.07) is -0.418. The van der Waals surface area contributed by atoms with Crippen LogP contribution in [-0.2, 0) is 16.0 Å². The highest BCUT2D eigenvalue weighted by atomic mass is 32.1. The van der Waals surface area contributed by atoms with Crippen molar-refractivity contribution in [3.63, 3.8) is 0 Å². The van der Waals surface area contributed by atoms with Gasteiger partial charge in [0, 0.05) is 25.1 Å². The lowest BCUT2D eigenvalue weighted by Gasteiger charge is -2.17. The molecule has 0 fully saturated rings.